The minimum atomic E-state index is -4.38. The van der Waals surface area contributed by atoms with Crippen molar-refractivity contribution in [1.29, 1.82) is 0 Å². The van der Waals surface area contributed by atoms with Crippen molar-refractivity contribution in [1.82, 2.24) is 0 Å². The molecule has 8 heteroatoms. The van der Waals surface area contributed by atoms with Crippen LogP contribution < -0.4 is 15.4 Å². The number of fused-ring (bicyclic) bond motifs is 1. The molecule has 0 bridgehead atoms. The number of aliphatic hydroxyl groups is 1. The van der Waals surface area contributed by atoms with E-state index in [2.05, 4.69) is 10.6 Å². The van der Waals surface area contributed by atoms with Crippen molar-refractivity contribution in [2.45, 2.75) is 12.2 Å². The first kappa shape index (κ1) is 18.8. The number of ether oxygens (including phenoxy) is 1. The van der Waals surface area contributed by atoms with Crippen LogP contribution in [0.1, 0.15) is 15.9 Å². The van der Waals surface area contributed by atoms with Gasteiger partial charge < -0.3 is 20.5 Å². The lowest BCUT2D eigenvalue weighted by molar-refractivity contribution is -0.0790. The zero-order valence-corrected chi connectivity index (χ0v) is 14.1. The minimum absolute atomic E-state index is 0.0495. The second-order valence-corrected chi connectivity index (χ2v) is 6.00. The number of allylic oxidation sites excluding steroid dienone is 1. The van der Waals surface area contributed by atoms with Gasteiger partial charge in [0.25, 0.3) is 5.91 Å². The summed E-state index contributed by atoms with van der Waals surface area (Å²) in [5.74, 6) is 0.170. The van der Waals surface area contributed by atoms with Crippen LogP contribution in [-0.4, -0.2) is 36.4 Å². The Labute approximate surface area is 153 Å². The highest BCUT2D eigenvalue weighted by Crippen LogP contribution is 2.31. The molecule has 5 nitrogen and oxygen atoms in total. The van der Waals surface area contributed by atoms with Gasteiger partial charge in [-0.25, -0.2) is 0 Å². The van der Waals surface area contributed by atoms with Gasteiger partial charge in [-0.15, -0.1) is 0 Å². The van der Waals surface area contributed by atoms with E-state index in [4.69, 9.17) is 9.84 Å². The lowest BCUT2D eigenvalue weighted by Crippen LogP contribution is -2.34. The number of carbonyl (C=O) groups excluding carboxylic acids is 1. The molecule has 2 aromatic carbocycles. The molecule has 1 amide bonds. The zero-order valence-electron chi connectivity index (χ0n) is 14.1. The fraction of sp³-hybridized carbons (Fsp3) is 0.211. The Morgan fingerprint density at radius 2 is 2.00 bits per heavy atom. The summed E-state index contributed by atoms with van der Waals surface area (Å²) in [6.45, 7) is 0.264. The first-order valence-corrected chi connectivity index (χ1v) is 8.16. The predicted molar refractivity (Wildman–Crippen MR) is 95.9 cm³/mol. The van der Waals surface area contributed by atoms with E-state index in [0.717, 1.165) is 11.8 Å². The van der Waals surface area contributed by atoms with Crippen LogP contribution in [0, 0.1) is 0 Å². The van der Waals surface area contributed by atoms with E-state index in [9.17, 15) is 18.0 Å². The van der Waals surface area contributed by atoms with E-state index in [1.807, 2.05) is 0 Å². The molecule has 1 aliphatic rings. The largest absolute Gasteiger partial charge is 0.489 e. The molecular weight excluding hydrogens is 361 g/mol. The Kier molecular flexibility index (Phi) is 5.36. The maximum atomic E-state index is 12.3. The summed E-state index contributed by atoms with van der Waals surface area (Å²) in [4.78, 5) is 12.3. The van der Waals surface area contributed by atoms with Gasteiger partial charge in [-0.3, -0.25) is 4.79 Å². The van der Waals surface area contributed by atoms with Crippen molar-refractivity contribution in [3.63, 3.8) is 0 Å². The number of alkyl halides is 3. The molecule has 1 atom stereocenters. The molecule has 0 spiro atoms. The number of carbonyl (C=O) groups is 1. The third-order valence-corrected chi connectivity index (χ3v) is 3.90. The van der Waals surface area contributed by atoms with Crippen molar-refractivity contribution < 1.29 is 27.8 Å². The summed E-state index contributed by atoms with van der Waals surface area (Å²) in [7, 11) is 0. The van der Waals surface area contributed by atoms with E-state index in [1.165, 1.54) is 24.3 Å². The Morgan fingerprint density at radius 3 is 2.67 bits per heavy atom. The molecule has 0 saturated heterocycles. The van der Waals surface area contributed by atoms with Gasteiger partial charge in [0.1, 0.15) is 12.4 Å². The van der Waals surface area contributed by atoms with Crippen LogP contribution in [-0.2, 0) is 0 Å². The van der Waals surface area contributed by atoms with Crippen molar-refractivity contribution in [2.75, 3.05) is 23.8 Å². The highest BCUT2D eigenvalue weighted by atomic mass is 19.4. The van der Waals surface area contributed by atoms with Gasteiger partial charge >= 0.3 is 6.18 Å². The topological polar surface area (TPSA) is 70.6 Å². The van der Waals surface area contributed by atoms with Crippen molar-refractivity contribution in [2.24, 2.45) is 0 Å². The fourth-order valence-electron chi connectivity index (χ4n) is 2.53. The average Bonchev–Trinajstić information content (AvgIpc) is 2.65. The van der Waals surface area contributed by atoms with E-state index >= 15 is 0 Å². The number of hydrogen-bond donors (Lipinski definition) is 3. The molecule has 27 heavy (non-hydrogen) atoms. The number of hydrogen-bond acceptors (Lipinski definition) is 4. The Bertz CT molecular complexity index is 848. The van der Waals surface area contributed by atoms with E-state index in [0.29, 0.717) is 29.2 Å². The number of rotatable bonds is 4. The summed E-state index contributed by atoms with van der Waals surface area (Å²) in [6.07, 6.45) is -3.30. The summed E-state index contributed by atoms with van der Waals surface area (Å²) >= 11 is 0. The molecule has 0 saturated carbocycles. The molecular formula is C19H17F3N2O3. The van der Waals surface area contributed by atoms with Crippen LogP contribution in [0.25, 0.3) is 6.08 Å². The van der Waals surface area contributed by atoms with E-state index in [1.54, 1.807) is 18.2 Å². The van der Waals surface area contributed by atoms with Crippen molar-refractivity contribution in [3.05, 3.63) is 59.7 Å². The molecule has 3 N–H and O–H groups in total. The second kappa shape index (κ2) is 7.71. The van der Waals surface area contributed by atoms with Crippen LogP contribution in [0.2, 0.25) is 0 Å². The minimum Gasteiger partial charge on any atom is -0.489 e. The maximum Gasteiger partial charge on any atom is 0.409 e. The Balaban J connectivity index is 1.66. The maximum absolute atomic E-state index is 12.3. The van der Waals surface area contributed by atoms with Crippen LogP contribution in [0.4, 0.5) is 24.5 Å². The van der Waals surface area contributed by atoms with Gasteiger partial charge in [0, 0.05) is 23.4 Å². The lowest BCUT2D eigenvalue weighted by Gasteiger charge is -2.26. The van der Waals surface area contributed by atoms with Crippen LogP contribution in [0.15, 0.2) is 48.5 Å². The quantitative estimate of drug-likeness (QED) is 0.759. The summed E-state index contributed by atoms with van der Waals surface area (Å²) in [5.41, 5.74) is 1.90. The SMILES string of the molecule is O=C(Nc1ccc2c(c1)OCC(CO)N2)c1ccc(/C=C/C(F)(F)F)cc1. The van der Waals surface area contributed by atoms with Gasteiger partial charge in [-0.05, 0) is 29.8 Å². The molecule has 1 aliphatic heterocycles. The van der Waals surface area contributed by atoms with Crippen LogP contribution in [0.5, 0.6) is 5.75 Å². The molecule has 3 rings (SSSR count). The van der Waals surface area contributed by atoms with E-state index < -0.39 is 12.1 Å². The number of aliphatic hydroxyl groups excluding tert-OH is 1. The first-order chi connectivity index (χ1) is 12.8. The molecule has 0 fully saturated rings. The Morgan fingerprint density at radius 1 is 1.26 bits per heavy atom. The highest BCUT2D eigenvalue weighted by molar-refractivity contribution is 6.04. The monoisotopic (exact) mass is 378 g/mol. The first-order valence-electron chi connectivity index (χ1n) is 8.16. The van der Waals surface area contributed by atoms with Gasteiger partial charge in [0.2, 0.25) is 0 Å². The van der Waals surface area contributed by atoms with Crippen molar-refractivity contribution in [3.8, 4) is 5.75 Å². The van der Waals surface area contributed by atoms with Gasteiger partial charge in [0.05, 0.1) is 18.3 Å². The van der Waals surface area contributed by atoms with E-state index in [-0.39, 0.29) is 18.7 Å². The number of halogens is 3. The number of amides is 1. The summed E-state index contributed by atoms with van der Waals surface area (Å²) < 4.78 is 42.1. The standard InChI is InChI=1S/C19H17F3N2O3/c20-19(21,22)8-7-12-1-3-13(4-2-12)18(26)24-14-5-6-16-17(9-14)27-11-15(10-25)23-16/h1-9,15,23,25H,10-11H2,(H,24,26)/b8-7+. The Hall–Kier alpha value is -3.00. The third-order valence-electron chi connectivity index (χ3n) is 3.90. The fourth-order valence-corrected chi connectivity index (χ4v) is 2.53. The van der Waals surface area contributed by atoms with Gasteiger partial charge in [0.15, 0.2) is 0 Å². The summed E-state index contributed by atoms with van der Waals surface area (Å²) in [5, 5.41) is 15.0. The van der Waals surface area contributed by atoms with Gasteiger partial charge in [-0.1, -0.05) is 18.2 Å². The lowest BCUT2D eigenvalue weighted by atomic mass is 10.1. The molecule has 0 aromatic heterocycles. The second-order valence-electron chi connectivity index (χ2n) is 6.00. The molecule has 1 heterocycles. The molecule has 1 unspecified atom stereocenters. The van der Waals surface area contributed by atoms with Crippen LogP contribution in [0.3, 0.4) is 0 Å². The molecule has 0 radical (unpaired) electrons. The summed E-state index contributed by atoms with van der Waals surface area (Å²) in [6, 6.07) is 10.7. The third kappa shape index (κ3) is 5.01. The van der Waals surface area contributed by atoms with Crippen LogP contribution >= 0.6 is 0 Å². The van der Waals surface area contributed by atoms with Gasteiger partial charge in [-0.2, -0.15) is 13.2 Å². The number of nitrogens with one attached hydrogen (secondary N) is 2. The molecule has 142 valence electrons. The van der Waals surface area contributed by atoms with Crippen molar-refractivity contribution >= 4 is 23.4 Å². The predicted octanol–water partition coefficient (Wildman–Crippen LogP) is 3.68. The normalized spacial score (nSPS) is 16.4. The molecule has 0 aliphatic carbocycles. The zero-order chi connectivity index (χ0) is 19.4. The molecule has 2 aromatic rings. The number of anilines is 2. The number of benzene rings is 2. The highest BCUT2D eigenvalue weighted by Gasteiger charge is 2.22. The smallest absolute Gasteiger partial charge is 0.409 e. The average molecular weight is 378 g/mol.